The smallest absolute Gasteiger partial charge is 0.00201 e. The number of benzene rings is 9. The molecule has 0 amide bonds. The molecule has 202 valence electrons. The summed E-state index contributed by atoms with van der Waals surface area (Å²) in [6.07, 6.45) is 0. The molecule has 0 saturated heterocycles. The van der Waals surface area contributed by atoms with Gasteiger partial charge in [-0.25, -0.2) is 0 Å². The van der Waals surface area contributed by atoms with Crippen molar-refractivity contribution in [2.24, 2.45) is 0 Å². The van der Waals surface area contributed by atoms with Crippen LogP contribution < -0.4 is 0 Å². The van der Waals surface area contributed by atoms with E-state index in [-0.39, 0.29) is 0 Å². The van der Waals surface area contributed by atoms with Crippen molar-refractivity contribution < 1.29 is 0 Å². The minimum Gasteiger partial charge on any atom is -0.0616 e. The zero-order chi connectivity index (χ0) is 28.8. The fourth-order valence-corrected chi connectivity index (χ4v) is 7.92. The Morgan fingerprint density at radius 3 is 1.48 bits per heavy atom. The highest BCUT2D eigenvalue weighted by atomic mass is 14.3. The first-order chi connectivity index (χ1) is 21.8. The van der Waals surface area contributed by atoms with Gasteiger partial charge < -0.3 is 0 Å². The van der Waals surface area contributed by atoms with E-state index in [1.807, 2.05) is 0 Å². The molecule has 0 fully saturated rings. The van der Waals surface area contributed by atoms with Gasteiger partial charge in [-0.2, -0.15) is 0 Å². The lowest BCUT2D eigenvalue weighted by Gasteiger charge is -2.19. The second-order valence-corrected chi connectivity index (χ2v) is 12.0. The van der Waals surface area contributed by atoms with Crippen LogP contribution in [-0.4, -0.2) is 0 Å². The summed E-state index contributed by atoms with van der Waals surface area (Å²) in [5.41, 5.74) is 10.5. The molecule has 10 rings (SSSR count). The van der Waals surface area contributed by atoms with E-state index in [1.54, 1.807) is 0 Å². The fourth-order valence-electron chi connectivity index (χ4n) is 7.92. The third-order valence-corrected chi connectivity index (χ3v) is 9.78. The highest BCUT2D eigenvalue weighted by Crippen LogP contribution is 2.51. The van der Waals surface area contributed by atoms with Gasteiger partial charge in [0.1, 0.15) is 0 Å². The summed E-state index contributed by atoms with van der Waals surface area (Å²) >= 11 is 0. The maximum Gasteiger partial charge on any atom is -0.00201 e. The first-order valence-electron chi connectivity index (χ1n) is 15.4. The van der Waals surface area contributed by atoms with Gasteiger partial charge in [-0.15, -0.1) is 0 Å². The van der Waals surface area contributed by atoms with Crippen molar-refractivity contribution in [2.45, 2.75) is 0 Å². The Balaban J connectivity index is 1.29. The summed E-state index contributed by atoms with van der Waals surface area (Å²) in [4.78, 5) is 0. The average Bonchev–Trinajstić information content (AvgIpc) is 3.42. The van der Waals surface area contributed by atoms with Gasteiger partial charge >= 0.3 is 0 Å². The molecule has 0 heteroatoms. The van der Waals surface area contributed by atoms with Crippen LogP contribution in [0, 0.1) is 0 Å². The summed E-state index contributed by atoms with van der Waals surface area (Å²) in [7, 11) is 0. The van der Waals surface area contributed by atoms with Gasteiger partial charge in [0.25, 0.3) is 0 Å². The van der Waals surface area contributed by atoms with Crippen molar-refractivity contribution in [1.29, 1.82) is 0 Å². The van der Waals surface area contributed by atoms with Crippen molar-refractivity contribution in [3.05, 3.63) is 158 Å². The number of hydrogen-bond acceptors (Lipinski definition) is 0. The fraction of sp³-hybridized carbons (Fsp3) is 0. The predicted octanol–water partition coefficient (Wildman–Crippen LogP) is 12.4. The molecule has 9 aromatic rings. The van der Waals surface area contributed by atoms with Crippen LogP contribution in [-0.2, 0) is 0 Å². The van der Waals surface area contributed by atoms with Crippen LogP contribution in [0.3, 0.4) is 0 Å². The molecular formula is C44H26. The van der Waals surface area contributed by atoms with Crippen LogP contribution in [0.15, 0.2) is 158 Å². The second kappa shape index (κ2) is 8.89. The van der Waals surface area contributed by atoms with Gasteiger partial charge in [-0.3, -0.25) is 0 Å². The maximum atomic E-state index is 2.38. The van der Waals surface area contributed by atoms with Gasteiger partial charge in [0, 0.05) is 0 Å². The molecule has 44 heavy (non-hydrogen) atoms. The van der Waals surface area contributed by atoms with Crippen molar-refractivity contribution >= 4 is 53.9 Å². The standard InChI is InChI=1S/C44H26/c1-2-11-30-27(10-1)20-21-28-26-29(22-23-31(28)30)42-35-14-5-7-16-37(35)44(38-17-8-6-15-36(38)42)41-25-24-40-33-13-4-3-12-32(33)34-18-9-19-39(41)43(34)40/h1-26H. The molecule has 0 aromatic heterocycles. The van der Waals surface area contributed by atoms with Crippen LogP contribution in [0.1, 0.15) is 0 Å². The molecule has 0 N–H and O–H groups in total. The monoisotopic (exact) mass is 554 g/mol. The Hall–Kier alpha value is -5.72. The lowest BCUT2D eigenvalue weighted by molar-refractivity contribution is 1.69. The Morgan fingerprint density at radius 1 is 0.250 bits per heavy atom. The highest BCUT2D eigenvalue weighted by Gasteiger charge is 2.24. The van der Waals surface area contributed by atoms with Gasteiger partial charge in [-0.05, 0) is 104 Å². The van der Waals surface area contributed by atoms with E-state index in [0.29, 0.717) is 0 Å². The summed E-state index contributed by atoms with van der Waals surface area (Å²) in [5.74, 6) is 0. The molecule has 0 spiro atoms. The van der Waals surface area contributed by atoms with Crippen LogP contribution in [0.5, 0.6) is 0 Å². The van der Waals surface area contributed by atoms with Gasteiger partial charge in [-0.1, -0.05) is 152 Å². The Kier molecular flexibility index (Phi) is 4.81. The molecule has 9 aromatic carbocycles. The topological polar surface area (TPSA) is 0 Å². The molecule has 0 atom stereocenters. The lowest BCUT2D eigenvalue weighted by atomic mass is 9.84. The number of fused-ring (bicyclic) bond motifs is 8. The summed E-state index contributed by atoms with van der Waals surface area (Å²) in [6, 6.07) is 58.5. The normalized spacial score (nSPS) is 12.1. The van der Waals surface area contributed by atoms with Gasteiger partial charge in [0.15, 0.2) is 0 Å². The van der Waals surface area contributed by atoms with Gasteiger partial charge in [0.2, 0.25) is 0 Å². The molecule has 0 aliphatic heterocycles. The molecule has 0 radical (unpaired) electrons. The molecular weight excluding hydrogens is 528 g/mol. The van der Waals surface area contributed by atoms with Crippen molar-refractivity contribution in [3.63, 3.8) is 0 Å². The molecule has 0 bridgehead atoms. The Morgan fingerprint density at radius 2 is 0.750 bits per heavy atom. The van der Waals surface area contributed by atoms with Crippen molar-refractivity contribution in [3.8, 4) is 44.5 Å². The highest BCUT2D eigenvalue weighted by molar-refractivity contribution is 6.26. The quantitative estimate of drug-likeness (QED) is 0.147. The lowest BCUT2D eigenvalue weighted by Crippen LogP contribution is -1.92. The molecule has 1 aliphatic carbocycles. The largest absolute Gasteiger partial charge is 0.0616 e. The summed E-state index contributed by atoms with van der Waals surface area (Å²) < 4.78 is 0. The van der Waals surface area contributed by atoms with Crippen LogP contribution in [0.2, 0.25) is 0 Å². The third-order valence-electron chi connectivity index (χ3n) is 9.78. The first kappa shape index (κ1) is 23.8. The van der Waals surface area contributed by atoms with E-state index in [4.69, 9.17) is 0 Å². The van der Waals surface area contributed by atoms with Crippen LogP contribution in [0.4, 0.5) is 0 Å². The molecule has 0 heterocycles. The van der Waals surface area contributed by atoms with E-state index in [9.17, 15) is 0 Å². The Labute approximate surface area is 255 Å². The zero-order valence-corrected chi connectivity index (χ0v) is 24.0. The molecule has 0 unspecified atom stereocenters. The van der Waals surface area contributed by atoms with E-state index in [1.165, 1.54) is 98.4 Å². The summed E-state index contributed by atoms with van der Waals surface area (Å²) in [5, 5.41) is 13.0. The average molecular weight is 555 g/mol. The molecule has 0 nitrogen and oxygen atoms in total. The Bertz CT molecular complexity index is 2570. The predicted molar refractivity (Wildman–Crippen MR) is 189 cm³/mol. The number of hydrogen-bond donors (Lipinski definition) is 0. The first-order valence-corrected chi connectivity index (χ1v) is 15.4. The van der Waals surface area contributed by atoms with Crippen molar-refractivity contribution in [1.82, 2.24) is 0 Å². The molecule has 0 saturated carbocycles. The summed E-state index contributed by atoms with van der Waals surface area (Å²) in [6.45, 7) is 0. The van der Waals surface area contributed by atoms with E-state index < -0.39 is 0 Å². The zero-order valence-electron chi connectivity index (χ0n) is 24.0. The van der Waals surface area contributed by atoms with Crippen LogP contribution in [0.25, 0.3) is 98.4 Å². The minimum atomic E-state index is 1.25. The van der Waals surface area contributed by atoms with Crippen LogP contribution >= 0.6 is 0 Å². The van der Waals surface area contributed by atoms with E-state index >= 15 is 0 Å². The number of rotatable bonds is 2. The van der Waals surface area contributed by atoms with E-state index in [0.717, 1.165) is 0 Å². The molecule has 1 aliphatic rings. The SMILES string of the molecule is c1ccc2c(c1)-c1cccc3c(-c4c5ccccc5c(-c5ccc6c(ccc7ccccc76)c5)c5ccccc45)ccc-2c13. The van der Waals surface area contributed by atoms with Gasteiger partial charge in [0.05, 0.1) is 0 Å². The maximum absolute atomic E-state index is 2.38. The minimum absolute atomic E-state index is 1.25. The third kappa shape index (κ3) is 3.17. The van der Waals surface area contributed by atoms with E-state index in [2.05, 4.69) is 158 Å². The second-order valence-electron chi connectivity index (χ2n) is 12.0. The van der Waals surface area contributed by atoms with Crippen molar-refractivity contribution in [2.75, 3.05) is 0 Å².